The Labute approximate surface area is 110 Å². The van der Waals surface area contributed by atoms with E-state index in [4.69, 9.17) is 10.2 Å². The van der Waals surface area contributed by atoms with Crippen molar-refractivity contribution in [1.82, 2.24) is 0 Å². The lowest BCUT2D eigenvalue weighted by molar-refractivity contribution is -0.388. The van der Waals surface area contributed by atoms with Crippen LogP contribution in [0.5, 0.6) is 5.75 Å². The van der Waals surface area contributed by atoms with Crippen molar-refractivity contribution in [2.24, 2.45) is 0 Å². The van der Waals surface area contributed by atoms with Crippen molar-refractivity contribution < 1.29 is 33.4 Å². The first-order valence-corrected chi connectivity index (χ1v) is 5.28. The van der Waals surface area contributed by atoms with Crippen molar-refractivity contribution in [1.29, 1.82) is 0 Å². The molecule has 1 atom stereocenters. The Kier molecular flexibility index (Phi) is 4.73. The zero-order valence-corrected chi connectivity index (χ0v) is 9.89. The van der Waals surface area contributed by atoms with Gasteiger partial charge >= 0.3 is 6.18 Å². The Bertz CT molecular complexity index is 506. The highest BCUT2D eigenvalue weighted by Gasteiger charge is 2.39. The van der Waals surface area contributed by atoms with Gasteiger partial charge in [-0.1, -0.05) is 0 Å². The van der Waals surface area contributed by atoms with E-state index in [1.165, 1.54) is 0 Å². The number of aromatic hydroxyl groups is 1. The van der Waals surface area contributed by atoms with Crippen molar-refractivity contribution in [2.45, 2.75) is 12.3 Å². The number of rotatable bonds is 5. The van der Waals surface area contributed by atoms with Gasteiger partial charge in [0.25, 0.3) is 5.69 Å². The molecule has 10 heteroatoms. The van der Waals surface area contributed by atoms with Gasteiger partial charge in [0.05, 0.1) is 29.4 Å². The molecule has 0 bridgehead atoms. The maximum absolute atomic E-state index is 12.7. The van der Waals surface area contributed by atoms with Crippen LogP contribution in [0, 0.1) is 10.1 Å². The number of nitrogens with one attached hydrogen (secondary N) is 1. The first kappa shape index (κ1) is 16.0. The molecule has 0 aliphatic rings. The van der Waals surface area contributed by atoms with E-state index in [1.807, 2.05) is 0 Å². The van der Waals surface area contributed by atoms with Crippen LogP contribution in [0.1, 0.15) is 5.56 Å². The largest absolute Gasteiger partial charge is 0.506 e. The number of anilines is 1. The van der Waals surface area contributed by atoms with E-state index in [0.29, 0.717) is 12.1 Å². The molecule has 0 radical (unpaired) electrons. The van der Waals surface area contributed by atoms with Crippen LogP contribution in [0.3, 0.4) is 0 Å². The van der Waals surface area contributed by atoms with E-state index in [1.54, 1.807) is 0 Å². The Hall–Kier alpha value is -2.07. The summed E-state index contributed by atoms with van der Waals surface area (Å²) in [6, 6.07) is 0.744. The second-order valence-electron chi connectivity index (χ2n) is 3.86. The summed E-state index contributed by atoms with van der Waals surface area (Å²) in [6.07, 6.45) is -6.22. The van der Waals surface area contributed by atoms with Crippen molar-refractivity contribution in [3.8, 4) is 5.75 Å². The monoisotopic (exact) mass is 296 g/mol. The highest BCUT2D eigenvalue weighted by molar-refractivity contribution is 5.64. The molecule has 0 aliphatic heterocycles. The minimum atomic E-state index is -4.97. The minimum Gasteiger partial charge on any atom is -0.506 e. The molecule has 0 amide bonds. The Morgan fingerprint density at radius 2 is 2.00 bits per heavy atom. The summed E-state index contributed by atoms with van der Waals surface area (Å²) in [4.78, 5) is 9.29. The number of phenols is 1. The summed E-state index contributed by atoms with van der Waals surface area (Å²) in [5, 5.41) is 39.9. The summed E-state index contributed by atoms with van der Waals surface area (Å²) in [5.74, 6) is -0.769. The fraction of sp³-hybridized carbons (Fsp3) is 0.400. The van der Waals surface area contributed by atoms with Crippen LogP contribution in [0.2, 0.25) is 0 Å². The number of aliphatic hydroxyl groups is 2. The number of hydrogen-bond acceptors (Lipinski definition) is 6. The van der Waals surface area contributed by atoms with Gasteiger partial charge < -0.3 is 20.6 Å². The van der Waals surface area contributed by atoms with Crippen molar-refractivity contribution >= 4 is 11.4 Å². The van der Waals surface area contributed by atoms with E-state index in [0.717, 1.165) is 0 Å². The van der Waals surface area contributed by atoms with Gasteiger partial charge in [0.2, 0.25) is 0 Å². The highest BCUT2D eigenvalue weighted by atomic mass is 19.4. The molecule has 20 heavy (non-hydrogen) atoms. The van der Waals surface area contributed by atoms with E-state index in [2.05, 4.69) is 5.32 Å². The van der Waals surface area contributed by atoms with Gasteiger partial charge in [0.15, 0.2) is 0 Å². The summed E-state index contributed by atoms with van der Waals surface area (Å²) < 4.78 is 38.0. The standard InChI is InChI=1S/C10H11F3N2O5/c11-10(12,13)6-1-7(14-3-5(17)4-16)9(18)2-8(6)15(19)20/h1-2,5,14,16-18H,3-4H2. The number of benzene rings is 1. The van der Waals surface area contributed by atoms with Crippen LogP contribution in [-0.4, -0.2) is 39.5 Å². The molecular formula is C10H11F3N2O5. The Balaban J connectivity index is 3.18. The predicted molar refractivity (Wildman–Crippen MR) is 61.3 cm³/mol. The number of halogens is 3. The molecule has 4 N–H and O–H groups in total. The quantitative estimate of drug-likeness (QED) is 0.367. The molecule has 0 fully saturated rings. The first-order valence-electron chi connectivity index (χ1n) is 5.28. The fourth-order valence-corrected chi connectivity index (χ4v) is 1.39. The number of alkyl halides is 3. The lowest BCUT2D eigenvalue weighted by atomic mass is 10.1. The van der Waals surface area contributed by atoms with Crippen LogP contribution in [-0.2, 0) is 6.18 Å². The lowest BCUT2D eigenvalue weighted by Gasteiger charge is -2.14. The smallest absolute Gasteiger partial charge is 0.423 e. The lowest BCUT2D eigenvalue weighted by Crippen LogP contribution is -2.23. The molecular weight excluding hydrogens is 285 g/mol. The molecule has 1 unspecified atom stereocenters. The Morgan fingerprint density at radius 1 is 1.40 bits per heavy atom. The normalized spacial score (nSPS) is 13.1. The van der Waals surface area contributed by atoms with Crippen LogP contribution < -0.4 is 5.32 Å². The topological polar surface area (TPSA) is 116 Å². The number of nitro benzene ring substituents is 1. The van der Waals surface area contributed by atoms with Crippen LogP contribution in [0.25, 0.3) is 0 Å². The molecule has 0 saturated heterocycles. The summed E-state index contributed by atoms with van der Waals surface area (Å²) in [7, 11) is 0. The molecule has 112 valence electrons. The van der Waals surface area contributed by atoms with E-state index >= 15 is 0 Å². The zero-order chi connectivity index (χ0) is 15.5. The predicted octanol–water partition coefficient (Wildman–Crippen LogP) is 1.08. The molecule has 0 heterocycles. The van der Waals surface area contributed by atoms with E-state index < -0.39 is 46.5 Å². The summed E-state index contributed by atoms with van der Waals surface area (Å²) >= 11 is 0. The third-order valence-corrected chi connectivity index (χ3v) is 2.36. The highest BCUT2D eigenvalue weighted by Crippen LogP contribution is 2.41. The molecule has 0 aromatic heterocycles. The van der Waals surface area contributed by atoms with Gasteiger partial charge in [0.1, 0.15) is 11.3 Å². The van der Waals surface area contributed by atoms with Crippen molar-refractivity contribution in [3.63, 3.8) is 0 Å². The number of nitrogens with zero attached hydrogens (tertiary/aromatic N) is 1. The number of nitro groups is 1. The fourth-order valence-electron chi connectivity index (χ4n) is 1.39. The third kappa shape index (κ3) is 3.71. The van der Waals surface area contributed by atoms with Gasteiger partial charge in [-0.15, -0.1) is 0 Å². The van der Waals surface area contributed by atoms with Gasteiger partial charge in [-0.3, -0.25) is 10.1 Å². The first-order chi connectivity index (χ1) is 9.16. The molecule has 1 aromatic carbocycles. The second-order valence-corrected chi connectivity index (χ2v) is 3.86. The molecule has 0 saturated carbocycles. The number of aliphatic hydroxyl groups excluding tert-OH is 2. The van der Waals surface area contributed by atoms with Crippen molar-refractivity contribution in [3.05, 3.63) is 27.8 Å². The summed E-state index contributed by atoms with van der Waals surface area (Å²) in [6.45, 7) is -0.966. The summed E-state index contributed by atoms with van der Waals surface area (Å²) in [5.41, 5.74) is -3.24. The average Bonchev–Trinajstić information content (AvgIpc) is 2.34. The molecule has 0 spiro atoms. The minimum absolute atomic E-state index is 0.334. The van der Waals surface area contributed by atoms with Gasteiger partial charge in [-0.05, 0) is 6.07 Å². The maximum Gasteiger partial charge on any atom is 0.423 e. The number of phenolic OH excluding ortho intramolecular Hbond substituents is 1. The Morgan fingerprint density at radius 3 is 2.45 bits per heavy atom. The second kappa shape index (κ2) is 5.92. The zero-order valence-electron chi connectivity index (χ0n) is 9.89. The van der Waals surface area contributed by atoms with Crippen LogP contribution in [0.4, 0.5) is 24.5 Å². The van der Waals surface area contributed by atoms with Crippen LogP contribution in [0.15, 0.2) is 12.1 Å². The van der Waals surface area contributed by atoms with Gasteiger partial charge in [0, 0.05) is 6.54 Å². The van der Waals surface area contributed by atoms with E-state index in [-0.39, 0.29) is 6.54 Å². The van der Waals surface area contributed by atoms with Crippen molar-refractivity contribution in [2.75, 3.05) is 18.5 Å². The van der Waals surface area contributed by atoms with Crippen LogP contribution >= 0.6 is 0 Å². The molecule has 7 nitrogen and oxygen atoms in total. The number of hydrogen-bond donors (Lipinski definition) is 4. The molecule has 0 aliphatic carbocycles. The third-order valence-electron chi connectivity index (χ3n) is 2.36. The van der Waals surface area contributed by atoms with Gasteiger partial charge in [-0.25, -0.2) is 0 Å². The SMILES string of the molecule is O=[N+]([O-])c1cc(O)c(NCC(O)CO)cc1C(F)(F)F. The van der Waals surface area contributed by atoms with E-state index in [9.17, 15) is 28.4 Å². The molecule has 1 rings (SSSR count). The maximum atomic E-state index is 12.7. The average molecular weight is 296 g/mol. The van der Waals surface area contributed by atoms with Gasteiger partial charge in [-0.2, -0.15) is 13.2 Å². The molecule has 1 aromatic rings.